The molecule has 1 heterocycles. The molecule has 98 valence electrons. The van der Waals surface area contributed by atoms with Gasteiger partial charge in [-0.05, 0) is 13.3 Å². The van der Waals surface area contributed by atoms with E-state index in [1.165, 1.54) is 19.3 Å². The first-order valence-electron chi connectivity index (χ1n) is 6.65. The molecule has 4 heteroatoms. The van der Waals surface area contributed by atoms with Gasteiger partial charge >= 0.3 is 0 Å². The van der Waals surface area contributed by atoms with Gasteiger partial charge in [-0.2, -0.15) is 0 Å². The molecule has 0 spiro atoms. The molecule has 1 aliphatic rings. The van der Waals surface area contributed by atoms with E-state index in [2.05, 4.69) is 13.8 Å². The molecule has 1 saturated heterocycles. The van der Waals surface area contributed by atoms with E-state index < -0.39 is 0 Å². The number of rotatable bonds is 7. The van der Waals surface area contributed by atoms with Gasteiger partial charge in [-0.15, -0.1) is 0 Å². The second-order valence-corrected chi connectivity index (χ2v) is 5.05. The Morgan fingerprint density at radius 3 is 2.71 bits per heavy atom. The lowest BCUT2D eigenvalue weighted by Gasteiger charge is -2.24. The van der Waals surface area contributed by atoms with Crippen molar-refractivity contribution in [1.29, 1.82) is 0 Å². The number of nitrogens with two attached hydrogens (primary N) is 1. The van der Waals surface area contributed by atoms with Crippen LogP contribution in [0.1, 0.15) is 52.4 Å². The molecule has 0 aliphatic carbocycles. The number of primary amides is 1. The predicted molar refractivity (Wildman–Crippen MR) is 67.2 cm³/mol. The third-order valence-electron chi connectivity index (χ3n) is 3.57. The van der Waals surface area contributed by atoms with E-state index >= 15 is 0 Å². The lowest BCUT2D eigenvalue weighted by atomic mass is 10.1. The average Bonchev–Trinajstić information content (AvgIpc) is 2.67. The quantitative estimate of drug-likeness (QED) is 0.688. The van der Waals surface area contributed by atoms with Crippen molar-refractivity contribution in [1.82, 2.24) is 4.90 Å². The molecule has 1 aliphatic heterocycles. The maximum Gasteiger partial charge on any atom is 0.223 e. The molecule has 0 aromatic heterocycles. The van der Waals surface area contributed by atoms with Gasteiger partial charge in [-0.1, -0.05) is 32.6 Å². The highest BCUT2D eigenvalue weighted by atomic mass is 16.2. The molecule has 2 amide bonds. The van der Waals surface area contributed by atoms with E-state index in [9.17, 15) is 9.59 Å². The second-order valence-electron chi connectivity index (χ2n) is 5.05. The molecule has 17 heavy (non-hydrogen) atoms. The number of amides is 2. The van der Waals surface area contributed by atoms with E-state index in [-0.39, 0.29) is 23.8 Å². The number of likely N-dealkylation sites (tertiary alicyclic amines) is 1. The van der Waals surface area contributed by atoms with Crippen LogP contribution >= 0.6 is 0 Å². The van der Waals surface area contributed by atoms with E-state index in [0.717, 1.165) is 12.8 Å². The molecule has 4 nitrogen and oxygen atoms in total. The molecule has 1 rings (SSSR count). The Bertz CT molecular complexity index is 279. The van der Waals surface area contributed by atoms with Crippen molar-refractivity contribution in [3.05, 3.63) is 0 Å². The molecular weight excluding hydrogens is 216 g/mol. The van der Waals surface area contributed by atoms with E-state index in [4.69, 9.17) is 5.73 Å². The Balaban J connectivity index is 2.34. The number of hydrogen-bond acceptors (Lipinski definition) is 2. The van der Waals surface area contributed by atoms with Crippen molar-refractivity contribution in [2.24, 2.45) is 11.7 Å². The van der Waals surface area contributed by atoms with Crippen molar-refractivity contribution in [3.8, 4) is 0 Å². The molecule has 0 saturated carbocycles. The number of carbonyl (C=O) groups excluding carboxylic acids is 2. The zero-order valence-electron chi connectivity index (χ0n) is 10.9. The van der Waals surface area contributed by atoms with Crippen LogP contribution in [0, 0.1) is 5.92 Å². The zero-order valence-corrected chi connectivity index (χ0v) is 10.9. The molecule has 2 atom stereocenters. The number of nitrogens with zero attached hydrogens (tertiary/aromatic N) is 1. The smallest absolute Gasteiger partial charge is 0.223 e. The summed E-state index contributed by atoms with van der Waals surface area (Å²) in [7, 11) is 0. The number of carbonyl (C=O) groups is 2. The molecule has 0 bridgehead atoms. The first-order chi connectivity index (χ1) is 8.06. The monoisotopic (exact) mass is 240 g/mol. The molecule has 2 N–H and O–H groups in total. The van der Waals surface area contributed by atoms with Crippen molar-refractivity contribution in [3.63, 3.8) is 0 Å². The summed E-state index contributed by atoms with van der Waals surface area (Å²) in [5.41, 5.74) is 5.24. The van der Waals surface area contributed by atoms with Crippen molar-refractivity contribution in [2.75, 3.05) is 6.54 Å². The van der Waals surface area contributed by atoms with Crippen LogP contribution in [0.15, 0.2) is 0 Å². The van der Waals surface area contributed by atoms with Gasteiger partial charge in [0.25, 0.3) is 0 Å². The second kappa shape index (κ2) is 6.62. The van der Waals surface area contributed by atoms with Crippen LogP contribution in [-0.2, 0) is 9.59 Å². The van der Waals surface area contributed by atoms with Crippen molar-refractivity contribution >= 4 is 11.8 Å². The summed E-state index contributed by atoms with van der Waals surface area (Å²) in [5.74, 6) is -0.545. The number of hydrogen-bond donors (Lipinski definition) is 1. The summed E-state index contributed by atoms with van der Waals surface area (Å²) >= 11 is 0. The van der Waals surface area contributed by atoms with Gasteiger partial charge in [0, 0.05) is 19.0 Å². The van der Waals surface area contributed by atoms with Crippen molar-refractivity contribution < 1.29 is 9.59 Å². The maximum atomic E-state index is 11.7. The van der Waals surface area contributed by atoms with Crippen molar-refractivity contribution in [2.45, 2.75) is 58.4 Å². The highest BCUT2D eigenvalue weighted by Gasteiger charge is 2.35. The van der Waals surface area contributed by atoms with Gasteiger partial charge in [-0.25, -0.2) is 0 Å². The largest absolute Gasteiger partial charge is 0.369 e. The lowest BCUT2D eigenvalue weighted by molar-refractivity contribution is -0.130. The third kappa shape index (κ3) is 4.02. The topological polar surface area (TPSA) is 63.4 Å². The Labute approximate surface area is 104 Å². The van der Waals surface area contributed by atoms with Crippen LogP contribution in [0.5, 0.6) is 0 Å². The van der Waals surface area contributed by atoms with Gasteiger partial charge in [0.15, 0.2) is 0 Å². The summed E-state index contributed by atoms with van der Waals surface area (Å²) in [5, 5.41) is 0. The van der Waals surface area contributed by atoms with Gasteiger partial charge in [0.1, 0.15) is 0 Å². The fourth-order valence-electron chi connectivity index (χ4n) is 2.37. The molecule has 2 unspecified atom stereocenters. The molecule has 0 radical (unpaired) electrons. The van der Waals surface area contributed by atoms with Crippen LogP contribution in [0.25, 0.3) is 0 Å². The Kier molecular flexibility index (Phi) is 5.45. The minimum atomic E-state index is -0.348. The summed E-state index contributed by atoms with van der Waals surface area (Å²) in [4.78, 5) is 24.6. The third-order valence-corrected chi connectivity index (χ3v) is 3.57. The van der Waals surface area contributed by atoms with Gasteiger partial charge in [-0.3, -0.25) is 9.59 Å². The molecular formula is C13H24N2O2. The first kappa shape index (κ1) is 14.0. The Morgan fingerprint density at radius 1 is 1.47 bits per heavy atom. The fraction of sp³-hybridized carbons (Fsp3) is 0.846. The summed E-state index contributed by atoms with van der Waals surface area (Å²) < 4.78 is 0. The van der Waals surface area contributed by atoms with Crippen LogP contribution in [-0.4, -0.2) is 29.3 Å². The SMILES string of the molecule is CCCCCCC(C)N1CC(C(N)=O)CC1=O. The van der Waals surface area contributed by atoms with Gasteiger partial charge < -0.3 is 10.6 Å². The van der Waals surface area contributed by atoms with E-state index in [0.29, 0.717) is 13.0 Å². The predicted octanol–water partition coefficient (Wildman–Crippen LogP) is 1.68. The minimum absolute atomic E-state index is 0.0804. The highest BCUT2D eigenvalue weighted by Crippen LogP contribution is 2.22. The van der Waals surface area contributed by atoms with Gasteiger partial charge in [0.05, 0.1) is 5.92 Å². The van der Waals surface area contributed by atoms with Crippen LogP contribution in [0.2, 0.25) is 0 Å². The maximum absolute atomic E-state index is 11.7. The van der Waals surface area contributed by atoms with E-state index in [1.807, 2.05) is 4.90 Å². The summed E-state index contributed by atoms with van der Waals surface area (Å²) in [6.45, 7) is 4.77. The first-order valence-corrected chi connectivity index (χ1v) is 6.65. The lowest BCUT2D eigenvalue weighted by Crippen LogP contribution is -2.35. The molecule has 1 fully saturated rings. The van der Waals surface area contributed by atoms with Crippen LogP contribution in [0.4, 0.5) is 0 Å². The Hall–Kier alpha value is -1.06. The van der Waals surface area contributed by atoms with Crippen LogP contribution in [0.3, 0.4) is 0 Å². The zero-order chi connectivity index (χ0) is 12.8. The Morgan fingerprint density at radius 2 is 2.18 bits per heavy atom. The van der Waals surface area contributed by atoms with Gasteiger partial charge in [0.2, 0.25) is 11.8 Å². The standard InChI is InChI=1S/C13H24N2O2/c1-3-4-5-6-7-10(2)15-9-11(13(14)17)8-12(15)16/h10-11H,3-9H2,1-2H3,(H2,14,17). The average molecular weight is 240 g/mol. The highest BCUT2D eigenvalue weighted by molar-refractivity contribution is 5.88. The summed E-state index contributed by atoms with van der Waals surface area (Å²) in [6.07, 6.45) is 6.18. The normalized spacial score (nSPS) is 21.9. The number of unbranched alkanes of at least 4 members (excludes halogenated alkanes) is 3. The molecule has 0 aromatic rings. The molecule has 0 aromatic carbocycles. The summed E-state index contributed by atoms with van der Waals surface area (Å²) in [6, 6.07) is 0.240. The minimum Gasteiger partial charge on any atom is -0.369 e. The van der Waals surface area contributed by atoms with Crippen LogP contribution < -0.4 is 5.73 Å². The fourth-order valence-corrected chi connectivity index (χ4v) is 2.37. The van der Waals surface area contributed by atoms with E-state index in [1.54, 1.807) is 0 Å².